The summed E-state index contributed by atoms with van der Waals surface area (Å²) in [6.07, 6.45) is 1.17. The van der Waals surface area contributed by atoms with Gasteiger partial charge in [-0.3, -0.25) is 4.79 Å². The molecule has 1 saturated heterocycles. The third kappa shape index (κ3) is 13.7. The summed E-state index contributed by atoms with van der Waals surface area (Å²) in [7, 11) is 0. The first-order chi connectivity index (χ1) is 10.0. The molecule has 0 aromatic heterocycles. The SMILES string of the molecule is CC.CC(C)(C)OC(N)=O.CC(C)CC(=O)N1CCC(C)C1. The molecule has 0 radical (unpaired) electrons. The molecule has 1 unspecified atom stereocenters. The lowest BCUT2D eigenvalue weighted by molar-refractivity contribution is -0.131. The zero-order valence-electron chi connectivity index (χ0n) is 15.7. The predicted octanol–water partition coefficient (Wildman–Crippen LogP) is 3.81. The monoisotopic (exact) mass is 316 g/mol. The van der Waals surface area contributed by atoms with Gasteiger partial charge in [-0.2, -0.15) is 0 Å². The van der Waals surface area contributed by atoms with Crippen molar-refractivity contribution >= 4 is 12.0 Å². The predicted molar refractivity (Wildman–Crippen MR) is 91.6 cm³/mol. The quantitative estimate of drug-likeness (QED) is 0.842. The number of amides is 2. The van der Waals surface area contributed by atoms with Crippen LogP contribution in [0.4, 0.5) is 4.79 Å². The van der Waals surface area contributed by atoms with Gasteiger partial charge in [0, 0.05) is 19.5 Å². The lowest BCUT2D eigenvalue weighted by Gasteiger charge is -2.16. The van der Waals surface area contributed by atoms with E-state index < -0.39 is 11.7 Å². The Morgan fingerprint density at radius 2 is 1.77 bits per heavy atom. The molecule has 1 aliphatic heterocycles. The van der Waals surface area contributed by atoms with Crippen LogP contribution >= 0.6 is 0 Å². The van der Waals surface area contributed by atoms with E-state index in [9.17, 15) is 9.59 Å². The van der Waals surface area contributed by atoms with Gasteiger partial charge >= 0.3 is 6.09 Å². The van der Waals surface area contributed by atoms with Crippen molar-refractivity contribution in [1.29, 1.82) is 0 Å². The van der Waals surface area contributed by atoms with Crippen LogP contribution < -0.4 is 5.73 Å². The molecule has 1 heterocycles. The maximum absolute atomic E-state index is 11.5. The summed E-state index contributed by atoms with van der Waals surface area (Å²) in [5, 5.41) is 0. The van der Waals surface area contributed by atoms with E-state index in [2.05, 4.69) is 25.5 Å². The minimum absolute atomic E-state index is 0.342. The lowest BCUT2D eigenvalue weighted by Crippen LogP contribution is -2.29. The van der Waals surface area contributed by atoms with E-state index in [4.69, 9.17) is 5.73 Å². The van der Waals surface area contributed by atoms with Crippen LogP contribution in [0.25, 0.3) is 0 Å². The molecule has 5 heteroatoms. The molecule has 0 aromatic carbocycles. The van der Waals surface area contributed by atoms with Gasteiger partial charge < -0.3 is 15.4 Å². The summed E-state index contributed by atoms with van der Waals surface area (Å²) in [5.74, 6) is 1.55. The van der Waals surface area contributed by atoms with Crippen LogP contribution in [0.5, 0.6) is 0 Å². The first-order valence-electron chi connectivity index (χ1n) is 8.27. The molecule has 0 spiro atoms. The second-order valence-corrected chi connectivity index (χ2v) is 6.87. The summed E-state index contributed by atoms with van der Waals surface area (Å²) in [5.41, 5.74) is 4.26. The van der Waals surface area contributed by atoms with Crippen molar-refractivity contribution in [2.75, 3.05) is 13.1 Å². The van der Waals surface area contributed by atoms with E-state index in [0.717, 1.165) is 13.1 Å². The minimum Gasteiger partial charge on any atom is -0.444 e. The summed E-state index contributed by atoms with van der Waals surface area (Å²) in [6, 6.07) is 0. The largest absolute Gasteiger partial charge is 0.444 e. The molecule has 5 nitrogen and oxygen atoms in total. The number of hydrogen-bond donors (Lipinski definition) is 1. The molecular formula is C17H36N2O3. The highest BCUT2D eigenvalue weighted by molar-refractivity contribution is 5.76. The average molecular weight is 316 g/mol. The number of primary amides is 1. The number of carbonyl (C=O) groups is 2. The Bertz CT molecular complexity index is 322. The molecule has 1 rings (SSSR count). The Morgan fingerprint density at radius 3 is 2.00 bits per heavy atom. The van der Waals surface area contributed by atoms with Crippen molar-refractivity contribution in [2.24, 2.45) is 17.6 Å². The van der Waals surface area contributed by atoms with Crippen LogP contribution in [-0.2, 0) is 9.53 Å². The van der Waals surface area contributed by atoms with E-state index in [-0.39, 0.29) is 0 Å². The van der Waals surface area contributed by atoms with E-state index in [1.54, 1.807) is 20.8 Å². The van der Waals surface area contributed by atoms with E-state index >= 15 is 0 Å². The highest BCUT2D eigenvalue weighted by Gasteiger charge is 2.23. The van der Waals surface area contributed by atoms with Crippen LogP contribution in [-0.4, -0.2) is 35.6 Å². The molecule has 1 atom stereocenters. The molecule has 0 bridgehead atoms. The topological polar surface area (TPSA) is 72.6 Å². The first-order valence-corrected chi connectivity index (χ1v) is 8.27. The van der Waals surface area contributed by atoms with Crippen LogP contribution in [0, 0.1) is 11.8 Å². The summed E-state index contributed by atoms with van der Waals surface area (Å²) < 4.78 is 4.58. The number of nitrogens with two attached hydrogens (primary N) is 1. The highest BCUT2D eigenvalue weighted by atomic mass is 16.6. The molecule has 2 amide bonds. The molecule has 2 N–H and O–H groups in total. The smallest absolute Gasteiger partial charge is 0.405 e. The third-order valence-electron chi connectivity index (χ3n) is 2.77. The molecule has 0 aromatic rings. The normalized spacial score (nSPS) is 17.1. The van der Waals surface area contributed by atoms with Gasteiger partial charge in [0.2, 0.25) is 5.91 Å². The van der Waals surface area contributed by atoms with Crippen LogP contribution in [0.2, 0.25) is 0 Å². The van der Waals surface area contributed by atoms with Gasteiger partial charge in [-0.15, -0.1) is 0 Å². The maximum atomic E-state index is 11.5. The minimum atomic E-state index is -0.725. The van der Waals surface area contributed by atoms with Gasteiger partial charge in [-0.05, 0) is 39.0 Å². The van der Waals surface area contributed by atoms with Crippen molar-refractivity contribution in [3.8, 4) is 0 Å². The Morgan fingerprint density at radius 1 is 1.27 bits per heavy atom. The van der Waals surface area contributed by atoms with E-state index in [0.29, 0.717) is 24.2 Å². The van der Waals surface area contributed by atoms with Gasteiger partial charge in [0.25, 0.3) is 0 Å². The number of hydrogen-bond acceptors (Lipinski definition) is 3. The zero-order chi connectivity index (χ0) is 17.9. The Balaban J connectivity index is 0. The number of nitrogens with zero attached hydrogens (tertiary/aromatic N) is 1. The van der Waals surface area contributed by atoms with E-state index in [1.165, 1.54) is 6.42 Å². The summed E-state index contributed by atoms with van der Waals surface area (Å²) in [4.78, 5) is 23.5. The fourth-order valence-corrected chi connectivity index (χ4v) is 1.94. The van der Waals surface area contributed by atoms with Crippen molar-refractivity contribution in [1.82, 2.24) is 4.90 Å². The number of rotatable bonds is 2. The van der Waals surface area contributed by atoms with Gasteiger partial charge in [0.1, 0.15) is 5.60 Å². The lowest BCUT2D eigenvalue weighted by atomic mass is 10.1. The van der Waals surface area contributed by atoms with Crippen molar-refractivity contribution < 1.29 is 14.3 Å². The van der Waals surface area contributed by atoms with Gasteiger partial charge in [-0.1, -0.05) is 34.6 Å². The van der Waals surface area contributed by atoms with Gasteiger partial charge in [0.05, 0.1) is 0 Å². The van der Waals surface area contributed by atoms with Crippen molar-refractivity contribution in [3.05, 3.63) is 0 Å². The van der Waals surface area contributed by atoms with Crippen LogP contribution in [0.15, 0.2) is 0 Å². The Labute approximate surface area is 136 Å². The maximum Gasteiger partial charge on any atom is 0.405 e. The van der Waals surface area contributed by atoms with E-state index in [1.807, 2.05) is 18.7 Å². The van der Waals surface area contributed by atoms with Crippen molar-refractivity contribution in [3.63, 3.8) is 0 Å². The fourth-order valence-electron chi connectivity index (χ4n) is 1.94. The third-order valence-corrected chi connectivity index (χ3v) is 2.77. The Hall–Kier alpha value is -1.26. The number of carbonyl (C=O) groups excluding carboxylic acids is 2. The second-order valence-electron chi connectivity index (χ2n) is 6.87. The number of likely N-dealkylation sites (tertiary alicyclic amines) is 1. The van der Waals surface area contributed by atoms with Gasteiger partial charge in [-0.25, -0.2) is 4.79 Å². The van der Waals surface area contributed by atoms with Gasteiger partial charge in [0.15, 0.2) is 0 Å². The highest BCUT2D eigenvalue weighted by Crippen LogP contribution is 2.17. The summed E-state index contributed by atoms with van der Waals surface area (Å²) >= 11 is 0. The molecular weight excluding hydrogens is 280 g/mol. The fraction of sp³-hybridized carbons (Fsp3) is 0.882. The standard InChI is InChI=1S/C10H19NO.C5H11NO2.C2H6/c1-8(2)6-10(12)11-5-4-9(3)7-11;1-5(2,3)8-4(6)7;1-2/h8-9H,4-7H2,1-3H3;1-3H3,(H2,6,7);1-2H3. The van der Waals surface area contributed by atoms with Crippen LogP contribution in [0.1, 0.15) is 68.2 Å². The number of ether oxygens (including phenoxy) is 1. The molecule has 0 saturated carbocycles. The zero-order valence-corrected chi connectivity index (χ0v) is 15.7. The van der Waals surface area contributed by atoms with Crippen LogP contribution in [0.3, 0.4) is 0 Å². The summed E-state index contributed by atoms with van der Waals surface area (Å²) in [6.45, 7) is 17.6. The second kappa shape index (κ2) is 11.3. The molecule has 1 aliphatic rings. The molecule has 22 heavy (non-hydrogen) atoms. The molecule has 1 fully saturated rings. The average Bonchev–Trinajstić information content (AvgIpc) is 2.75. The van der Waals surface area contributed by atoms with Crippen molar-refractivity contribution in [2.45, 2.75) is 73.8 Å². The molecule has 0 aliphatic carbocycles. The first kappa shape index (κ1) is 23.0. The molecule has 132 valence electrons. The Kier molecular flexibility index (Phi) is 11.8.